The highest BCUT2D eigenvalue weighted by Gasteiger charge is 2.20. The van der Waals surface area contributed by atoms with Gasteiger partial charge in [0.2, 0.25) is 5.75 Å². The minimum atomic E-state index is -0.448. The molecule has 2 N–H and O–H groups in total. The molecule has 1 aliphatic rings. The van der Waals surface area contributed by atoms with Crippen LogP contribution in [0, 0.1) is 5.82 Å². The van der Waals surface area contributed by atoms with Gasteiger partial charge in [0.1, 0.15) is 17.3 Å². The number of aryl methyl sites for hydroxylation is 1. The molecule has 2 heterocycles. The van der Waals surface area contributed by atoms with E-state index in [2.05, 4.69) is 33.9 Å². The van der Waals surface area contributed by atoms with Gasteiger partial charge in [-0.2, -0.15) is 0 Å². The van der Waals surface area contributed by atoms with E-state index in [1.54, 1.807) is 16.7 Å². The van der Waals surface area contributed by atoms with Gasteiger partial charge >= 0.3 is 0 Å². The molecule has 0 amide bonds. The largest absolute Gasteiger partial charge is 0.501 e. The monoisotopic (exact) mass is 434 g/mol. The molecule has 0 aliphatic carbocycles. The number of halogens is 1. The standard InChI is InChI=1S/C25H27FN4O2/c1-18(27-16-19-9-11-21(26)12-10-19)23-24(31)25(32)30-15-14-29(13-5-8-22(30)28-23)17-20-6-3-2-4-7-20/h2-4,6-7,9-12,27,31H,1,5,8,13-17H2. The van der Waals surface area contributed by atoms with Gasteiger partial charge in [0.25, 0.3) is 5.56 Å². The first kappa shape index (κ1) is 21.8. The van der Waals surface area contributed by atoms with Gasteiger partial charge in [-0.15, -0.1) is 0 Å². The Bertz CT molecular complexity index is 1140. The van der Waals surface area contributed by atoms with Crippen molar-refractivity contribution in [3.8, 4) is 5.75 Å². The molecule has 0 unspecified atom stereocenters. The van der Waals surface area contributed by atoms with Gasteiger partial charge in [-0.1, -0.05) is 49.0 Å². The molecule has 0 spiro atoms. The van der Waals surface area contributed by atoms with Crippen LogP contribution in [0.5, 0.6) is 5.75 Å². The second-order valence-electron chi connectivity index (χ2n) is 8.01. The second kappa shape index (κ2) is 9.78. The van der Waals surface area contributed by atoms with Crippen LogP contribution in [0.15, 0.2) is 66.0 Å². The Morgan fingerprint density at radius 1 is 1.06 bits per heavy atom. The van der Waals surface area contributed by atoms with Crippen LogP contribution in [0.25, 0.3) is 5.70 Å². The number of hydrogen-bond donors (Lipinski definition) is 2. The maximum atomic E-state index is 13.1. The van der Waals surface area contributed by atoms with Crippen LogP contribution in [0.1, 0.15) is 29.1 Å². The molecule has 0 atom stereocenters. The van der Waals surface area contributed by atoms with Crippen molar-refractivity contribution in [1.82, 2.24) is 19.8 Å². The number of nitrogens with zero attached hydrogens (tertiary/aromatic N) is 3. The van der Waals surface area contributed by atoms with Crippen LogP contribution < -0.4 is 10.9 Å². The SMILES string of the molecule is C=C(NCc1ccc(F)cc1)c1nc2n(c(=O)c1O)CCN(Cc1ccccc1)CCC2. The predicted molar refractivity (Wildman–Crippen MR) is 122 cm³/mol. The van der Waals surface area contributed by atoms with E-state index in [1.807, 2.05) is 18.2 Å². The molecule has 3 aromatic rings. The van der Waals surface area contributed by atoms with Crippen molar-refractivity contribution in [3.63, 3.8) is 0 Å². The van der Waals surface area contributed by atoms with Crippen molar-refractivity contribution in [2.45, 2.75) is 32.5 Å². The minimum Gasteiger partial charge on any atom is -0.501 e. The van der Waals surface area contributed by atoms with Crippen LogP contribution in [-0.4, -0.2) is 32.6 Å². The van der Waals surface area contributed by atoms with E-state index in [1.165, 1.54) is 17.7 Å². The third-order valence-corrected chi connectivity index (χ3v) is 5.69. The summed E-state index contributed by atoms with van der Waals surface area (Å²) in [4.78, 5) is 19.8. The first-order valence-corrected chi connectivity index (χ1v) is 10.8. The van der Waals surface area contributed by atoms with Crippen LogP contribution in [-0.2, 0) is 26.1 Å². The quantitative estimate of drug-likeness (QED) is 0.623. The topological polar surface area (TPSA) is 70.4 Å². The van der Waals surface area contributed by atoms with Crippen molar-refractivity contribution < 1.29 is 9.50 Å². The summed E-state index contributed by atoms with van der Waals surface area (Å²) in [7, 11) is 0. The predicted octanol–water partition coefficient (Wildman–Crippen LogP) is 3.30. The van der Waals surface area contributed by atoms with Crippen LogP contribution in [0.3, 0.4) is 0 Å². The normalized spacial score (nSPS) is 14.3. The highest BCUT2D eigenvalue weighted by Crippen LogP contribution is 2.19. The fourth-order valence-corrected chi connectivity index (χ4v) is 3.93. The maximum Gasteiger partial charge on any atom is 0.296 e. The summed E-state index contributed by atoms with van der Waals surface area (Å²) in [6, 6.07) is 16.4. The number of hydrogen-bond acceptors (Lipinski definition) is 5. The van der Waals surface area contributed by atoms with Crippen molar-refractivity contribution >= 4 is 5.70 Å². The van der Waals surface area contributed by atoms with Crippen LogP contribution in [0.4, 0.5) is 4.39 Å². The van der Waals surface area contributed by atoms with E-state index in [0.717, 1.165) is 25.1 Å². The van der Waals surface area contributed by atoms with Crippen molar-refractivity contribution in [3.05, 3.63) is 100.0 Å². The molecule has 7 heteroatoms. The third kappa shape index (κ3) is 5.06. The van der Waals surface area contributed by atoms with Crippen molar-refractivity contribution in [1.29, 1.82) is 0 Å². The number of fused-ring (bicyclic) bond motifs is 1. The van der Waals surface area contributed by atoms with Gasteiger partial charge in [-0.3, -0.25) is 14.3 Å². The van der Waals surface area contributed by atoms with Gasteiger partial charge in [0, 0.05) is 32.6 Å². The third-order valence-electron chi connectivity index (χ3n) is 5.69. The fraction of sp³-hybridized carbons (Fsp3) is 0.280. The first-order valence-electron chi connectivity index (χ1n) is 10.8. The van der Waals surface area contributed by atoms with Gasteiger partial charge < -0.3 is 10.4 Å². The lowest BCUT2D eigenvalue weighted by molar-refractivity contribution is 0.236. The molecule has 0 saturated carbocycles. The Morgan fingerprint density at radius 2 is 1.81 bits per heavy atom. The average Bonchev–Trinajstić information content (AvgIpc) is 2.79. The minimum absolute atomic E-state index is 0.171. The summed E-state index contributed by atoms with van der Waals surface area (Å²) in [6.45, 7) is 7.23. The molecule has 6 nitrogen and oxygen atoms in total. The maximum absolute atomic E-state index is 13.1. The summed E-state index contributed by atoms with van der Waals surface area (Å²) in [5.74, 6) is -0.0450. The summed E-state index contributed by atoms with van der Waals surface area (Å²) >= 11 is 0. The van der Waals surface area contributed by atoms with E-state index < -0.39 is 11.3 Å². The number of aromatic nitrogens is 2. The molecule has 4 rings (SSSR count). The summed E-state index contributed by atoms with van der Waals surface area (Å²) in [5, 5.41) is 13.6. The van der Waals surface area contributed by atoms with E-state index in [0.29, 0.717) is 37.6 Å². The zero-order valence-corrected chi connectivity index (χ0v) is 17.9. The Hall–Kier alpha value is -3.45. The fourth-order valence-electron chi connectivity index (χ4n) is 3.93. The molecule has 166 valence electrons. The second-order valence-corrected chi connectivity index (χ2v) is 8.01. The molecule has 0 radical (unpaired) electrons. The van der Waals surface area contributed by atoms with Crippen LogP contribution in [0.2, 0.25) is 0 Å². The highest BCUT2D eigenvalue weighted by molar-refractivity contribution is 5.63. The molecule has 0 bridgehead atoms. The van der Waals surface area contributed by atoms with Crippen molar-refractivity contribution in [2.24, 2.45) is 0 Å². The van der Waals surface area contributed by atoms with Gasteiger partial charge in [0.15, 0.2) is 0 Å². The van der Waals surface area contributed by atoms with Gasteiger partial charge in [0.05, 0.1) is 5.70 Å². The summed E-state index contributed by atoms with van der Waals surface area (Å²) < 4.78 is 14.7. The first-order chi connectivity index (χ1) is 15.5. The lowest BCUT2D eigenvalue weighted by Crippen LogP contribution is -2.36. The average molecular weight is 435 g/mol. The molecule has 0 saturated heterocycles. The van der Waals surface area contributed by atoms with E-state index in [-0.39, 0.29) is 11.5 Å². The molecule has 0 fully saturated rings. The van der Waals surface area contributed by atoms with Crippen molar-refractivity contribution in [2.75, 3.05) is 13.1 Å². The van der Waals surface area contributed by atoms with E-state index in [4.69, 9.17) is 0 Å². The lowest BCUT2D eigenvalue weighted by atomic mass is 10.1. The number of benzene rings is 2. The number of aromatic hydroxyl groups is 1. The highest BCUT2D eigenvalue weighted by atomic mass is 19.1. The summed E-state index contributed by atoms with van der Waals surface area (Å²) in [6.07, 6.45) is 1.50. The smallest absolute Gasteiger partial charge is 0.296 e. The van der Waals surface area contributed by atoms with Gasteiger partial charge in [-0.25, -0.2) is 9.37 Å². The Kier molecular flexibility index (Phi) is 6.66. The van der Waals surface area contributed by atoms with Crippen LogP contribution >= 0.6 is 0 Å². The molecule has 2 aromatic carbocycles. The molecular weight excluding hydrogens is 407 g/mol. The number of rotatable bonds is 6. The molecule has 1 aromatic heterocycles. The number of nitrogens with one attached hydrogen (secondary N) is 1. The van der Waals surface area contributed by atoms with Gasteiger partial charge in [-0.05, 0) is 36.2 Å². The Balaban J connectivity index is 1.48. The zero-order valence-electron chi connectivity index (χ0n) is 17.9. The lowest BCUT2D eigenvalue weighted by Gasteiger charge is -2.26. The Morgan fingerprint density at radius 3 is 2.56 bits per heavy atom. The summed E-state index contributed by atoms with van der Waals surface area (Å²) in [5.41, 5.74) is 2.18. The Labute approximate surface area is 186 Å². The molecule has 32 heavy (non-hydrogen) atoms. The molecular formula is C25H27FN4O2. The van der Waals surface area contributed by atoms with E-state index >= 15 is 0 Å². The molecule has 1 aliphatic heterocycles. The van der Waals surface area contributed by atoms with E-state index in [9.17, 15) is 14.3 Å². The zero-order chi connectivity index (χ0) is 22.5.